The van der Waals surface area contributed by atoms with Crippen molar-refractivity contribution in [3.8, 4) is 10.6 Å². The molecule has 4 N–H and O–H groups in total. The summed E-state index contributed by atoms with van der Waals surface area (Å²) in [5, 5.41) is 0.265. The first-order chi connectivity index (χ1) is 14.1. The molecule has 0 bridgehead atoms. The maximum Gasteiger partial charge on any atom is 0.316 e. The Morgan fingerprint density at radius 3 is 2.63 bits per heavy atom. The van der Waals surface area contributed by atoms with Crippen molar-refractivity contribution in [2.45, 2.75) is 44.1 Å². The fraction of sp³-hybridized carbons (Fsp3) is 0.500. The van der Waals surface area contributed by atoms with Crippen LogP contribution in [0.2, 0.25) is 0 Å². The number of thiazole rings is 1. The van der Waals surface area contributed by atoms with Crippen LogP contribution < -0.4 is 11.5 Å². The average molecular weight is 442 g/mol. The molecule has 12 heteroatoms. The van der Waals surface area contributed by atoms with E-state index in [1.807, 2.05) is 0 Å². The highest BCUT2D eigenvalue weighted by Crippen LogP contribution is 2.43. The Morgan fingerprint density at radius 1 is 1.37 bits per heavy atom. The van der Waals surface area contributed by atoms with Crippen LogP contribution in [0, 0.1) is 6.92 Å². The van der Waals surface area contributed by atoms with Crippen molar-refractivity contribution in [2.75, 3.05) is 13.2 Å². The van der Waals surface area contributed by atoms with E-state index in [0.29, 0.717) is 17.0 Å². The van der Waals surface area contributed by atoms with Crippen LogP contribution in [0.4, 0.5) is 18.0 Å². The predicted octanol–water partition coefficient (Wildman–Crippen LogP) is 2.26. The molecule has 1 saturated heterocycles. The van der Waals surface area contributed by atoms with E-state index in [1.165, 1.54) is 17.2 Å². The summed E-state index contributed by atoms with van der Waals surface area (Å²) in [5.41, 5.74) is 8.17. The largest absolute Gasteiger partial charge is 0.367 e. The van der Waals surface area contributed by atoms with Crippen LogP contribution >= 0.6 is 11.3 Å². The van der Waals surface area contributed by atoms with E-state index in [9.17, 15) is 22.8 Å². The quantitative estimate of drug-likeness (QED) is 0.709. The molecule has 0 saturated carbocycles. The second-order valence-electron chi connectivity index (χ2n) is 7.37. The summed E-state index contributed by atoms with van der Waals surface area (Å²) in [5.74, 6) is -1.10. The van der Waals surface area contributed by atoms with E-state index in [0.717, 1.165) is 18.3 Å². The Balaban J connectivity index is 2.11. The summed E-state index contributed by atoms with van der Waals surface area (Å²) in [6.45, 7) is 1.62. The van der Waals surface area contributed by atoms with E-state index < -0.39 is 36.0 Å². The van der Waals surface area contributed by atoms with Crippen molar-refractivity contribution in [1.29, 1.82) is 0 Å². The lowest BCUT2D eigenvalue weighted by Crippen LogP contribution is -2.55. The summed E-state index contributed by atoms with van der Waals surface area (Å²) in [7, 11) is 0. The monoisotopic (exact) mass is 442 g/mol. The van der Waals surface area contributed by atoms with Crippen molar-refractivity contribution < 1.29 is 22.8 Å². The Bertz CT molecular complexity index is 987. The van der Waals surface area contributed by atoms with Gasteiger partial charge in [-0.1, -0.05) is 0 Å². The summed E-state index contributed by atoms with van der Waals surface area (Å²) in [6, 6.07) is 0.690. The number of urea groups is 1. The molecular formula is C18H21F3N6O2S. The summed E-state index contributed by atoms with van der Waals surface area (Å²) in [4.78, 5) is 38.4. The number of alkyl halides is 3. The van der Waals surface area contributed by atoms with Crippen LogP contribution in [-0.4, -0.2) is 51.4 Å². The van der Waals surface area contributed by atoms with Gasteiger partial charge in [-0.3, -0.25) is 4.79 Å². The Hall–Kier alpha value is -2.76. The predicted molar refractivity (Wildman–Crippen MR) is 104 cm³/mol. The van der Waals surface area contributed by atoms with Crippen molar-refractivity contribution in [3.63, 3.8) is 0 Å². The van der Waals surface area contributed by atoms with Gasteiger partial charge in [0.2, 0.25) is 0 Å². The third-order valence-electron chi connectivity index (χ3n) is 5.36. The molecule has 1 fully saturated rings. The first kappa shape index (κ1) is 21.9. The molecule has 1 aliphatic rings. The Labute approximate surface area is 174 Å². The smallest absolute Gasteiger partial charge is 0.316 e. The van der Waals surface area contributed by atoms with Crippen LogP contribution in [-0.2, 0) is 15.7 Å². The van der Waals surface area contributed by atoms with E-state index >= 15 is 0 Å². The van der Waals surface area contributed by atoms with Crippen molar-refractivity contribution >= 4 is 23.3 Å². The van der Waals surface area contributed by atoms with Gasteiger partial charge in [0.25, 0.3) is 12.3 Å². The van der Waals surface area contributed by atoms with Crippen LogP contribution in [0.5, 0.6) is 0 Å². The molecule has 3 rings (SSSR count). The summed E-state index contributed by atoms with van der Waals surface area (Å²) >= 11 is 1.06. The molecule has 3 amide bonds. The van der Waals surface area contributed by atoms with Gasteiger partial charge < -0.3 is 16.4 Å². The topological polar surface area (TPSA) is 128 Å². The van der Waals surface area contributed by atoms with E-state index in [1.54, 1.807) is 6.92 Å². The molecule has 162 valence electrons. The Kier molecular flexibility index (Phi) is 5.72. The SMILES string of the molecule is Cc1nc(C2(C(N)=O)CCCN2C(N)=O)sc1-c1ccnc(C(C)(CF)C(F)F)n1. The van der Waals surface area contributed by atoms with E-state index in [-0.39, 0.29) is 29.5 Å². The molecule has 0 radical (unpaired) electrons. The van der Waals surface area contributed by atoms with Gasteiger partial charge in [0.15, 0.2) is 5.54 Å². The van der Waals surface area contributed by atoms with Crippen LogP contribution in [0.3, 0.4) is 0 Å². The number of carbonyl (C=O) groups excluding carboxylic acids is 2. The van der Waals surface area contributed by atoms with Crippen LogP contribution in [0.1, 0.15) is 36.3 Å². The highest BCUT2D eigenvalue weighted by Gasteiger charge is 2.52. The number of likely N-dealkylation sites (tertiary alicyclic amines) is 1. The van der Waals surface area contributed by atoms with Crippen LogP contribution in [0.15, 0.2) is 12.3 Å². The Morgan fingerprint density at radius 2 is 2.07 bits per heavy atom. The molecule has 8 nitrogen and oxygen atoms in total. The second-order valence-corrected chi connectivity index (χ2v) is 8.37. The molecule has 0 aromatic carbocycles. The highest BCUT2D eigenvalue weighted by atomic mass is 32.1. The molecule has 30 heavy (non-hydrogen) atoms. The molecule has 3 heterocycles. The number of halogens is 3. The van der Waals surface area contributed by atoms with Crippen LogP contribution in [0.25, 0.3) is 10.6 Å². The maximum atomic E-state index is 13.4. The first-order valence-electron chi connectivity index (χ1n) is 9.11. The third kappa shape index (κ3) is 3.28. The number of aryl methyl sites for hydroxylation is 1. The van der Waals surface area contributed by atoms with Crippen molar-refractivity contribution in [3.05, 3.63) is 28.8 Å². The fourth-order valence-electron chi connectivity index (χ4n) is 3.49. The molecule has 2 aromatic rings. The van der Waals surface area contributed by atoms with E-state index in [2.05, 4.69) is 15.0 Å². The van der Waals surface area contributed by atoms with Gasteiger partial charge in [-0.05, 0) is 32.8 Å². The van der Waals surface area contributed by atoms with Gasteiger partial charge >= 0.3 is 6.03 Å². The lowest BCUT2D eigenvalue weighted by atomic mass is 9.92. The summed E-state index contributed by atoms with van der Waals surface area (Å²) in [6.07, 6.45) is -0.961. The molecule has 2 atom stereocenters. The molecular weight excluding hydrogens is 421 g/mol. The van der Waals surface area contributed by atoms with Crippen molar-refractivity contribution in [1.82, 2.24) is 19.9 Å². The fourth-order valence-corrected chi connectivity index (χ4v) is 4.76. The number of hydrogen-bond acceptors (Lipinski definition) is 6. The number of nitrogens with two attached hydrogens (primary N) is 2. The first-order valence-corrected chi connectivity index (χ1v) is 9.92. The zero-order valence-corrected chi connectivity index (χ0v) is 17.2. The maximum absolute atomic E-state index is 13.4. The molecule has 2 aromatic heterocycles. The average Bonchev–Trinajstić information content (AvgIpc) is 3.32. The lowest BCUT2D eigenvalue weighted by Gasteiger charge is -2.32. The lowest BCUT2D eigenvalue weighted by molar-refractivity contribution is -0.127. The van der Waals surface area contributed by atoms with Gasteiger partial charge in [0, 0.05) is 12.7 Å². The molecule has 0 aliphatic carbocycles. The second kappa shape index (κ2) is 7.82. The zero-order chi connectivity index (χ0) is 22.3. The number of carbonyl (C=O) groups is 2. The minimum atomic E-state index is -3.00. The molecule has 2 unspecified atom stereocenters. The number of nitrogens with zero attached hydrogens (tertiary/aromatic N) is 4. The molecule has 0 spiro atoms. The number of aromatic nitrogens is 3. The van der Waals surface area contributed by atoms with Crippen molar-refractivity contribution in [2.24, 2.45) is 11.5 Å². The standard InChI is InChI=1S/C18H21F3N6O2S/c1-9-11(10-4-6-24-14(26-10)17(2,8-19)12(20)21)30-15(25-9)18(13(22)28)5-3-7-27(18)16(23)29/h4,6,12H,3,5,7-8H2,1-2H3,(H2,22,28)(H2,23,29). The van der Waals surface area contributed by atoms with E-state index in [4.69, 9.17) is 11.5 Å². The normalized spacial score (nSPS) is 21.1. The number of primary amides is 2. The number of hydrogen-bond donors (Lipinski definition) is 2. The third-order valence-corrected chi connectivity index (χ3v) is 6.69. The highest BCUT2D eigenvalue weighted by molar-refractivity contribution is 7.15. The number of amides is 3. The van der Waals surface area contributed by atoms with Gasteiger partial charge in [0.05, 0.1) is 16.3 Å². The molecule has 1 aliphatic heterocycles. The minimum absolute atomic E-state index is 0.254. The van der Waals surface area contributed by atoms with Gasteiger partial charge in [-0.15, -0.1) is 11.3 Å². The van der Waals surface area contributed by atoms with Gasteiger partial charge in [-0.25, -0.2) is 32.9 Å². The zero-order valence-electron chi connectivity index (χ0n) is 16.4. The van der Waals surface area contributed by atoms with Gasteiger partial charge in [-0.2, -0.15) is 0 Å². The number of rotatable bonds is 6. The summed E-state index contributed by atoms with van der Waals surface area (Å²) < 4.78 is 40.2. The minimum Gasteiger partial charge on any atom is -0.367 e. The van der Waals surface area contributed by atoms with Gasteiger partial charge in [0.1, 0.15) is 22.9 Å².